The van der Waals surface area contributed by atoms with Crippen LogP contribution in [-0.4, -0.2) is 11.1 Å². The molecule has 0 aromatic heterocycles. The Balaban J connectivity index is 2.01. The van der Waals surface area contributed by atoms with E-state index in [0.29, 0.717) is 5.56 Å². The Labute approximate surface area is 127 Å². The van der Waals surface area contributed by atoms with Crippen LogP contribution in [0.1, 0.15) is 36.3 Å². The van der Waals surface area contributed by atoms with Crippen LogP contribution in [0.5, 0.6) is 0 Å². The summed E-state index contributed by atoms with van der Waals surface area (Å²) in [4.78, 5) is 11.0. The molecule has 0 amide bonds. The Morgan fingerprint density at radius 2 is 1.82 bits per heavy atom. The second-order valence-corrected chi connectivity index (χ2v) is 5.73. The zero-order chi connectivity index (χ0) is 15.7. The molecule has 22 heavy (non-hydrogen) atoms. The van der Waals surface area contributed by atoms with Gasteiger partial charge in [0.05, 0.1) is 6.42 Å². The molecule has 0 saturated carbocycles. The Morgan fingerprint density at radius 1 is 1.09 bits per heavy atom. The molecule has 0 bridgehead atoms. The van der Waals surface area contributed by atoms with Gasteiger partial charge in [-0.05, 0) is 59.6 Å². The van der Waals surface area contributed by atoms with Gasteiger partial charge in [0.1, 0.15) is 0 Å². The van der Waals surface area contributed by atoms with Gasteiger partial charge >= 0.3 is 5.97 Å². The summed E-state index contributed by atoms with van der Waals surface area (Å²) in [5, 5.41) is 9.05. The van der Waals surface area contributed by atoms with Crippen molar-refractivity contribution < 1.29 is 18.7 Å². The number of halogens is 2. The van der Waals surface area contributed by atoms with Crippen LogP contribution in [0.4, 0.5) is 8.78 Å². The number of hydrogen-bond acceptors (Lipinski definition) is 1. The summed E-state index contributed by atoms with van der Waals surface area (Å²) < 4.78 is 26.5. The van der Waals surface area contributed by atoms with Gasteiger partial charge in [0.15, 0.2) is 11.6 Å². The zero-order valence-corrected chi connectivity index (χ0v) is 12.0. The fourth-order valence-corrected chi connectivity index (χ4v) is 3.18. The Hall–Kier alpha value is -2.23. The summed E-state index contributed by atoms with van der Waals surface area (Å²) in [7, 11) is 0. The molecule has 0 spiro atoms. The van der Waals surface area contributed by atoms with Crippen molar-refractivity contribution >= 4 is 5.97 Å². The van der Waals surface area contributed by atoms with Crippen molar-refractivity contribution in [3.63, 3.8) is 0 Å². The number of carboxylic acid groups (broad SMARTS) is 1. The van der Waals surface area contributed by atoms with Crippen molar-refractivity contribution in [1.82, 2.24) is 0 Å². The summed E-state index contributed by atoms with van der Waals surface area (Å²) in [6.07, 6.45) is 2.87. The minimum absolute atomic E-state index is 0.00787. The summed E-state index contributed by atoms with van der Waals surface area (Å²) >= 11 is 0. The molecule has 1 atom stereocenters. The molecule has 1 N–H and O–H groups in total. The van der Waals surface area contributed by atoms with Gasteiger partial charge in [0, 0.05) is 0 Å². The minimum atomic E-state index is -0.877. The highest BCUT2D eigenvalue weighted by atomic mass is 19.2. The maximum atomic E-state index is 13.4. The Kier molecular flexibility index (Phi) is 3.92. The third-order valence-corrected chi connectivity index (χ3v) is 4.26. The molecular weight excluding hydrogens is 286 g/mol. The van der Waals surface area contributed by atoms with Crippen LogP contribution in [0.2, 0.25) is 0 Å². The lowest BCUT2D eigenvalue weighted by atomic mass is 9.80. The van der Waals surface area contributed by atoms with Crippen LogP contribution in [0.25, 0.3) is 11.1 Å². The first kappa shape index (κ1) is 14.7. The number of benzene rings is 2. The van der Waals surface area contributed by atoms with E-state index >= 15 is 0 Å². The van der Waals surface area contributed by atoms with E-state index in [0.717, 1.165) is 42.0 Å². The quantitative estimate of drug-likeness (QED) is 0.904. The lowest BCUT2D eigenvalue weighted by Crippen LogP contribution is -2.13. The van der Waals surface area contributed by atoms with Crippen molar-refractivity contribution in [2.45, 2.75) is 31.6 Å². The fourth-order valence-electron chi connectivity index (χ4n) is 3.18. The first-order chi connectivity index (χ1) is 10.5. The molecule has 114 valence electrons. The van der Waals surface area contributed by atoms with Crippen LogP contribution in [0, 0.1) is 11.6 Å². The summed E-state index contributed by atoms with van der Waals surface area (Å²) in [6.45, 7) is 0. The number of rotatable bonds is 3. The molecule has 1 aliphatic rings. The molecule has 3 rings (SSSR count). The average molecular weight is 302 g/mol. The standard InChI is InChI=1S/C18H16F2O2/c19-16-7-6-13(9-17(16)20)12-5-4-11-2-1-3-14(10-18(21)22)15(11)8-12/h4-9,14H,1-3,10H2,(H,21,22). The van der Waals surface area contributed by atoms with Crippen molar-refractivity contribution in [2.24, 2.45) is 0 Å². The first-order valence-corrected chi connectivity index (χ1v) is 7.34. The van der Waals surface area contributed by atoms with Gasteiger partial charge in [0.2, 0.25) is 0 Å². The van der Waals surface area contributed by atoms with E-state index in [-0.39, 0.29) is 12.3 Å². The molecule has 2 aromatic rings. The van der Waals surface area contributed by atoms with Gasteiger partial charge in [-0.15, -0.1) is 0 Å². The first-order valence-electron chi connectivity index (χ1n) is 7.34. The second kappa shape index (κ2) is 5.87. The highest BCUT2D eigenvalue weighted by molar-refractivity contribution is 5.70. The fraction of sp³-hybridized carbons (Fsp3) is 0.278. The summed E-state index contributed by atoms with van der Waals surface area (Å²) in [5.74, 6) is -2.56. The van der Waals surface area contributed by atoms with E-state index in [1.165, 1.54) is 12.1 Å². The average Bonchev–Trinajstić information content (AvgIpc) is 2.49. The highest BCUT2D eigenvalue weighted by Crippen LogP contribution is 2.36. The molecule has 0 saturated heterocycles. The van der Waals surface area contributed by atoms with Gasteiger partial charge in [0.25, 0.3) is 0 Å². The van der Waals surface area contributed by atoms with Crippen molar-refractivity contribution in [1.29, 1.82) is 0 Å². The molecule has 2 nitrogen and oxygen atoms in total. The maximum Gasteiger partial charge on any atom is 0.303 e. The number of aryl methyl sites for hydroxylation is 1. The molecule has 2 aromatic carbocycles. The normalized spacial score (nSPS) is 17.1. The van der Waals surface area contributed by atoms with Crippen LogP contribution >= 0.6 is 0 Å². The molecule has 0 aliphatic heterocycles. The van der Waals surface area contributed by atoms with Gasteiger partial charge in [-0.1, -0.05) is 24.3 Å². The molecule has 0 fully saturated rings. The minimum Gasteiger partial charge on any atom is -0.481 e. The van der Waals surface area contributed by atoms with Gasteiger partial charge in [-0.3, -0.25) is 4.79 Å². The van der Waals surface area contributed by atoms with Crippen molar-refractivity contribution in [3.05, 3.63) is 59.2 Å². The van der Waals surface area contributed by atoms with E-state index in [1.54, 1.807) is 0 Å². The Bertz CT molecular complexity index is 725. The largest absolute Gasteiger partial charge is 0.481 e. The van der Waals surface area contributed by atoms with Crippen molar-refractivity contribution in [3.8, 4) is 11.1 Å². The Morgan fingerprint density at radius 3 is 2.55 bits per heavy atom. The van der Waals surface area contributed by atoms with Gasteiger partial charge < -0.3 is 5.11 Å². The van der Waals surface area contributed by atoms with E-state index in [9.17, 15) is 13.6 Å². The summed E-state index contributed by atoms with van der Waals surface area (Å²) in [5.41, 5.74) is 3.57. The van der Waals surface area contributed by atoms with Crippen LogP contribution in [-0.2, 0) is 11.2 Å². The van der Waals surface area contributed by atoms with Crippen LogP contribution < -0.4 is 0 Å². The predicted octanol–water partition coefficient (Wildman–Crippen LogP) is 4.53. The van der Waals surface area contributed by atoms with E-state index in [4.69, 9.17) is 5.11 Å². The van der Waals surface area contributed by atoms with Crippen LogP contribution in [0.3, 0.4) is 0 Å². The zero-order valence-electron chi connectivity index (χ0n) is 12.0. The van der Waals surface area contributed by atoms with Crippen molar-refractivity contribution in [2.75, 3.05) is 0 Å². The smallest absolute Gasteiger partial charge is 0.303 e. The van der Waals surface area contributed by atoms with E-state index in [1.807, 2.05) is 18.2 Å². The molecular formula is C18H16F2O2. The third kappa shape index (κ3) is 2.86. The lowest BCUT2D eigenvalue weighted by molar-refractivity contribution is -0.137. The van der Waals surface area contributed by atoms with Gasteiger partial charge in [-0.2, -0.15) is 0 Å². The number of carboxylic acids is 1. The second-order valence-electron chi connectivity index (χ2n) is 5.73. The predicted molar refractivity (Wildman–Crippen MR) is 79.7 cm³/mol. The lowest BCUT2D eigenvalue weighted by Gasteiger charge is -2.25. The maximum absolute atomic E-state index is 13.4. The molecule has 1 aliphatic carbocycles. The molecule has 0 heterocycles. The third-order valence-electron chi connectivity index (χ3n) is 4.26. The topological polar surface area (TPSA) is 37.3 Å². The summed E-state index contributed by atoms with van der Waals surface area (Å²) in [6, 6.07) is 9.60. The number of carbonyl (C=O) groups is 1. The highest BCUT2D eigenvalue weighted by Gasteiger charge is 2.23. The van der Waals surface area contributed by atoms with Gasteiger partial charge in [-0.25, -0.2) is 8.78 Å². The molecule has 0 radical (unpaired) electrons. The molecule has 1 unspecified atom stereocenters. The number of hydrogen-bond donors (Lipinski definition) is 1. The monoisotopic (exact) mass is 302 g/mol. The molecule has 4 heteroatoms. The van der Waals surface area contributed by atoms with E-state index in [2.05, 4.69) is 0 Å². The number of aliphatic carboxylic acids is 1. The van der Waals surface area contributed by atoms with E-state index < -0.39 is 17.6 Å². The number of fused-ring (bicyclic) bond motifs is 1. The van der Waals surface area contributed by atoms with Crippen LogP contribution in [0.15, 0.2) is 36.4 Å². The SMILES string of the molecule is O=C(O)CC1CCCc2ccc(-c3ccc(F)c(F)c3)cc21.